The van der Waals surface area contributed by atoms with Gasteiger partial charge in [0.25, 0.3) is 0 Å². The highest BCUT2D eigenvalue weighted by atomic mass is 16.5. The lowest BCUT2D eigenvalue weighted by atomic mass is 9.93. The monoisotopic (exact) mass is 280 g/mol. The molecule has 0 spiro atoms. The van der Waals surface area contributed by atoms with Crippen LogP contribution in [0.3, 0.4) is 0 Å². The molecule has 6 heteroatoms. The van der Waals surface area contributed by atoms with Crippen molar-refractivity contribution in [1.29, 1.82) is 0 Å². The van der Waals surface area contributed by atoms with Gasteiger partial charge in [-0.05, 0) is 38.5 Å². The van der Waals surface area contributed by atoms with Gasteiger partial charge in [-0.15, -0.1) is 0 Å². The van der Waals surface area contributed by atoms with Crippen LogP contribution in [0.4, 0.5) is 0 Å². The first kappa shape index (κ1) is 15.8. The van der Waals surface area contributed by atoms with E-state index >= 15 is 0 Å². The van der Waals surface area contributed by atoms with E-state index < -0.39 is 11.5 Å². The van der Waals surface area contributed by atoms with Crippen molar-refractivity contribution in [2.24, 2.45) is 5.10 Å². The quantitative estimate of drug-likeness (QED) is 0.329. The average molecular weight is 280 g/mol. The molecule has 0 aliphatic rings. The maximum absolute atomic E-state index is 11.9. The average Bonchev–Trinajstić information content (AvgIpc) is 2.39. The van der Waals surface area contributed by atoms with Gasteiger partial charge in [0.2, 0.25) is 0 Å². The van der Waals surface area contributed by atoms with Gasteiger partial charge in [0, 0.05) is 12.1 Å². The number of esters is 1. The fourth-order valence-corrected chi connectivity index (χ4v) is 1.71. The minimum absolute atomic E-state index is 0.205. The molecular formula is C14H20N2O4. The molecular weight excluding hydrogens is 260 g/mol. The molecule has 1 atom stereocenters. The van der Waals surface area contributed by atoms with Crippen LogP contribution in [0.5, 0.6) is 11.5 Å². The first-order valence-corrected chi connectivity index (χ1v) is 6.16. The number of aromatic hydroxyl groups is 2. The zero-order chi connectivity index (χ0) is 15.3. The van der Waals surface area contributed by atoms with Crippen molar-refractivity contribution >= 4 is 11.7 Å². The van der Waals surface area contributed by atoms with E-state index in [2.05, 4.69) is 10.5 Å². The minimum atomic E-state index is -1.06. The standard InChI is InChI=1S/C14H20N2O4/c1-9(2)15-16-14(3,13(19)20-4)8-10-5-6-11(17)12(18)7-10/h5-7,16-18H,8H2,1-4H3/t14-/m0/s1. The molecule has 6 nitrogen and oxygen atoms in total. The highest BCUT2D eigenvalue weighted by Crippen LogP contribution is 2.27. The number of nitrogens with zero attached hydrogens (tertiary/aromatic N) is 1. The molecule has 20 heavy (non-hydrogen) atoms. The minimum Gasteiger partial charge on any atom is -0.504 e. The highest BCUT2D eigenvalue weighted by Gasteiger charge is 2.34. The zero-order valence-corrected chi connectivity index (χ0v) is 12.1. The third-order valence-corrected chi connectivity index (χ3v) is 2.76. The van der Waals surface area contributed by atoms with Crippen LogP contribution in [0.25, 0.3) is 0 Å². The fraction of sp³-hybridized carbons (Fsp3) is 0.429. The predicted octanol–water partition coefficient (Wildman–Crippen LogP) is 1.56. The van der Waals surface area contributed by atoms with Crippen molar-refractivity contribution in [2.75, 3.05) is 7.11 Å². The smallest absolute Gasteiger partial charge is 0.333 e. The summed E-state index contributed by atoms with van der Waals surface area (Å²) in [6, 6.07) is 4.40. The van der Waals surface area contributed by atoms with Gasteiger partial charge in [-0.25, -0.2) is 4.79 Å². The Balaban J connectivity index is 3.02. The van der Waals surface area contributed by atoms with Crippen LogP contribution in [0.15, 0.2) is 23.3 Å². The molecule has 0 bridgehead atoms. The number of hydrazone groups is 1. The molecule has 110 valence electrons. The number of hydrogen-bond donors (Lipinski definition) is 3. The topological polar surface area (TPSA) is 91.2 Å². The first-order chi connectivity index (χ1) is 9.28. The molecule has 0 heterocycles. The molecule has 1 aromatic carbocycles. The van der Waals surface area contributed by atoms with Crippen LogP contribution in [0, 0.1) is 0 Å². The van der Waals surface area contributed by atoms with Crippen LogP contribution < -0.4 is 5.43 Å². The SMILES string of the molecule is COC(=O)[C@](C)(Cc1ccc(O)c(O)c1)NN=C(C)C. The molecule has 1 aromatic rings. The molecule has 0 unspecified atom stereocenters. The van der Waals surface area contributed by atoms with E-state index in [1.165, 1.54) is 19.2 Å². The lowest BCUT2D eigenvalue weighted by molar-refractivity contribution is -0.147. The normalized spacial score (nSPS) is 13.2. The summed E-state index contributed by atoms with van der Waals surface area (Å²) >= 11 is 0. The Labute approximate surface area is 118 Å². The molecule has 1 rings (SSSR count). The van der Waals surface area contributed by atoms with Crippen LogP contribution in [0.2, 0.25) is 0 Å². The van der Waals surface area contributed by atoms with Gasteiger partial charge < -0.3 is 14.9 Å². The van der Waals surface area contributed by atoms with E-state index in [0.717, 1.165) is 5.71 Å². The summed E-state index contributed by atoms with van der Waals surface area (Å²) in [4.78, 5) is 11.9. The number of hydrogen-bond acceptors (Lipinski definition) is 6. The molecule has 0 amide bonds. The summed E-state index contributed by atoms with van der Waals surface area (Å²) in [7, 11) is 1.30. The van der Waals surface area contributed by atoms with Crippen molar-refractivity contribution in [2.45, 2.75) is 32.7 Å². The molecule has 0 aliphatic carbocycles. The third-order valence-electron chi connectivity index (χ3n) is 2.76. The largest absolute Gasteiger partial charge is 0.504 e. The molecule has 0 saturated heterocycles. The fourth-order valence-electron chi connectivity index (χ4n) is 1.71. The van der Waals surface area contributed by atoms with Crippen molar-refractivity contribution in [3.63, 3.8) is 0 Å². The summed E-state index contributed by atoms with van der Waals surface area (Å²) in [5.41, 5.74) is 3.18. The highest BCUT2D eigenvalue weighted by molar-refractivity contribution is 5.82. The van der Waals surface area contributed by atoms with E-state index in [4.69, 9.17) is 4.74 Å². The maximum atomic E-state index is 11.9. The van der Waals surface area contributed by atoms with Gasteiger partial charge in [-0.3, -0.25) is 5.43 Å². The van der Waals surface area contributed by atoms with Crippen molar-refractivity contribution < 1.29 is 19.7 Å². The Morgan fingerprint density at radius 1 is 1.35 bits per heavy atom. The Hall–Kier alpha value is -2.24. The summed E-state index contributed by atoms with van der Waals surface area (Å²) in [5.74, 6) is -0.899. The van der Waals surface area contributed by atoms with Crippen molar-refractivity contribution in [3.05, 3.63) is 23.8 Å². The second-order valence-corrected chi connectivity index (χ2v) is 4.99. The summed E-state index contributed by atoms with van der Waals surface area (Å²) in [5, 5.41) is 22.8. The van der Waals surface area contributed by atoms with Crippen molar-refractivity contribution in [3.8, 4) is 11.5 Å². The van der Waals surface area contributed by atoms with Gasteiger partial charge in [0.15, 0.2) is 17.0 Å². The number of ether oxygens (including phenoxy) is 1. The lowest BCUT2D eigenvalue weighted by Gasteiger charge is -2.26. The number of carbonyl (C=O) groups is 1. The lowest BCUT2D eigenvalue weighted by Crippen LogP contribution is -2.49. The maximum Gasteiger partial charge on any atom is 0.333 e. The summed E-state index contributed by atoms with van der Waals surface area (Å²) in [6.45, 7) is 5.27. The number of methoxy groups -OCH3 is 1. The molecule has 3 N–H and O–H groups in total. The van der Waals surface area contributed by atoms with E-state index in [-0.39, 0.29) is 17.9 Å². The Kier molecular flexibility index (Phi) is 4.96. The van der Waals surface area contributed by atoms with Crippen LogP contribution in [-0.2, 0) is 16.0 Å². The Morgan fingerprint density at radius 2 is 2.00 bits per heavy atom. The van der Waals surface area contributed by atoms with Gasteiger partial charge in [0.1, 0.15) is 0 Å². The van der Waals surface area contributed by atoms with E-state index in [1.807, 2.05) is 0 Å². The number of phenolic OH excluding ortho intramolecular Hbond substituents is 2. The molecule has 0 aromatic heterocycles. The van der Waals surface area contributed by atoms with E-state index in [9.17, 15) is 15.0 Å². The number of phenols is 2. The first-order valence-electron chi connectivity index (χ1n) is 6.16. The second-order valence-electron chi connectivity index (χ2n) is 4.99. The Morgan fingerprint density at radius 3 is 2.50 bits per heavy atom. The predicted molar refractivity (Wildman–Crippen MR) is 75.8 cm³/mol. The van der Waals surface area contributed by atoms with Crippen molar-refractivity contribution in [1.82, 2.24) is 5.43 Å². The zero-order valence-electron chi connectivity index (χ0n) is 12.1. The summed E-state index contributed by atoms with van der Waals surface area (Å²) in [6.07, 6.45) is 0.254. The van der Waals surface area contributed by atoms with Gasteiger partial charge in [0.05, 0.1) is 7.11 Å². The summed E-state index contributed by atoms with van der Waals surface area (Å²) < 4.78 is 4.79. The molecule has 0 aliphatic heterocycles. The molecule has 0 saturated carbocycles. The number of nitrogens with one attached hydrogen (secondary N) is 1. The Bertz CT molecular complexity index is 524. The number of rotatable bonds is 5. The van der Waals surface area contributed by atoms with Gasteiger partial charge >= 0.3 is 5.97 Å². The van der Waals surface area contributed by atoms with Gasteiger partial charge in [-0.1, -0.05) is 6.07 Å². The molecule has 0 radical (unpaired) electrons. The van der Waals surface area contributed by atoms with E-state index in [1.54, 1.807) is 26.8 Å². The number of benzene rings is 1. The van der Waals surface area contributed by atoms with Gasteiger partial charge in [-0.2, -0.15) is 5.10 Å². The van der Waals surface area contributed by atoms with Crippen LogP contribution in [0.1, 0.15) is 26.3 Å². The molecule has 0 fully saturated rings. The van der Waals surface area contributed by atoms with Crippen LogP contribution in [-0.4, -0.2) is 34.5 Å². The third kappa shape index (κ3) is 3.88. The van der Waals surface area contributed by atoms with E-state index in [0.29, 0.717) is 5.56 Å². The second kappa shape index (κ2) is 6.27. The van der Waals surface area contributed by atoms with Crippen LogP contribution >= 0.6 is 0 Å². The number of carbonyl (C=O) groups excluding carboxylic acids is 1.